The summed E-state index contributed by atoms with van der Waals surface area (Å²) >= 11 is 0. The van der Waals surface area contributed by atoms with Gasteiger partial charge in [-0.2, -0.15) is 5.10 Å². The van der Waals surface area contributed by atoms with Gasteiger partial charge < -0.3 is 5.32 Å². The zero-order chi connectivity index (χ0) is 13.5. The molecule has 1 N–H and O–H groups in total. The Bertz CT molecular complexity index is 353. The van der Waals surface area contributed by atoms with Gasteiger partial charge >= 0.3 is 0 Å². The first-order valence-electron chi connectivity index (χ1n) is 8.00. The molecule has 19 heavy (non-hydrogen) atoms. The van der Waals surface area contributed by atoms with Crippen molar-refractivity contribution in [3.8, 4) is 0 Å². The highest BCUT2D eigenvalue weighted by atomic mass is 15.2. The molecule has 3 nitrogen and oxygen atoms in total. The lowest BCUT2D eigenvalue weighted by Gasteiger charge is -2.24. The van der Waals surface area contributed by atoms with Crippen LogP contribution >= 0.6 is 0 Å². The molecule has 2 rings (SSSR count). The first-order valence-corrected chi connectivity index (χ1v) is 8.00. The molecule has 3 heteroatoms. The van der Waals surface area contributed by atoms with Crippen molar-refractivity contribution in [2.24, 2.45) is 13.0 Å². The van der Waals surface area contributed by atoms with E-state index in [1.54, 1.807) is 0 Å². The highest BCUT2D eigenvalue weighted by Gasteiger charge is 2.16. The quantitative estimate of drug-likeness (QED) is 0.818. The van der Waals surface area contributed by atoms with Gasteiger partial charge in [-0.3, -0.25) is 4.68 Å². The summed E-state index contributed by atoms with van der Waals surface area (Å²) in [6.07, 6.45) is 13.1. The lowest BCUT2D eigenvalue weighted by atomic mass is 9.85. The summed E-state index contributed by atoms with van der Waals surface area (Å²) in [6.45, 7) is 3.26. The van der Waals surface area contributed by atoms with Gasteiger partial charge in [-0.05, 0) is 31.4 Å². The van der Waals surface area contributed by atoms with Crippen molar-refractivity contribution in [2.75, 3.05) is 6.54 Å². The molecule has 0 saturated heterocycles. The molecule has 1 unspecified atom stereocenters. The summed E-state index contributed by atoms with van der Waals surface area (Å²) in [7, 11) is 1.99. The van der Waals surface area contributed by atoms with Crippen molar-refractivity contribution in [1.29, 1.82) is 0 Å². The third-order valence-electron chi connectivity index (χ3n) is 4.37. The highest BCUT2D eigenvalue weighted by molar-refractivity contribution is 5.01. The molecule has 1 fully saturated rings. The summed E-state index contributed by atoms with van der Waals surface area (Å²) < 4.78 is 1.90. The second-order valence-electron chi connectivity index (χ2n) is 6.02. The maximum Gasteiger partial charge on any atom is 0.0639 e. The van der Waals surface area contributed by atoms with Crippen LogP contribution in [0.5, 0.6) is 0 Å². The fraction of sp³-hybridized carbons (Fsp3) is 0.812. The number of aryl methyl sites for hydroxylation is 1. The Balaban J connectivity index is 1.78. The third kappa shape index (κ3) is 4.98. The van der Waals surface area contributed by atoms with Gasteiger partial charge in [-0.15, -0.1) is 0 Å². The van der Waals surface area contributed by atoms with Crippen LogP contribution in [0.25, 0.3) is 0 Å². The van der Waals surface area contributed by atoms with E-state index in [-0.39, 0.29) is 0 Å². The number of nitrogens with one attached hydrogen (secondary N) is 1. The van der Waals surface area contributed by atoms with Crippen LogP contribution in [0.2, 0.25) is 0 Å². The van der Waals surface area contributed by atoms with Gasteiger partial charge in [-0.1, -0.05) is 39.0 Å². The van der Waals surface area contributed by atoms with E-state index in [1.165, 1.54) is 50.6 Å². The predicted octanol–water partition coefficient (Wildman–Crippen LogP) is 3.30. The third-order valence-corrected chi connectivity index (χ3v) is 4.37. The van der Waals surface area contributed by atoms with E-state index in [0.717, 1.165) is 18.9 Å². The average Bonchev–Trinajstić information content (AvgIpc) is 2.83. The minimum Gasteiger partial charge on any atom is -0.314 e. The normalized spacial score (nSPS) is 18.6. The summed E-state index contributed by atoms with van der Waals surface area (Å²) in [5, 5.41) is 8.13. The topological polar surface area (TPSA) is 29.9 Å². The highest BCUT2D eigenvalue weighted by Crippen LogP contribution is 2.28. The molecule has 0 radical (unpaired) electrons. The lowest BCUT2D eigenvalue weighted by Crippen LogP contribution is -2.31. The maximum atomic E-state index is 4.50. The molecule has 1 aliphatic carbocycles. The van der Waals surface area contributed by atoms with Crippen LogP contribution in [0.15, 0.2) is 12.3 Å². The zero-order valence-electron chi connectivity index (χ0n) is 12.6. The van der Waals surface area contributed by atoms with E-state index in [1.807, 2.05) is 17.9 Å². The molecule has 1 heterocycles. The molecular weight excluding hydrogens is 234 g/mol. The smallest absolute Gasteiger partial charge is 0.0639 e. The fourth-order valence-electron chi connectivity index (χ4n) is 3.30. The minimum atomic E-state index is 0.599. The lowest BCUT2D eigenvalue weighted by molar-refractivity contribution is 0.312. The van der Waals surface area contributed by atoms with E-state index in [4.69, 9.17) is 0 Å². The second kappa shape index (κ2) is 7.68. The van der Waals surface area contributed by atoms with Gasteiger partial charge in [0.2, 0.25) is 0 Å². The van der Waals surface area contributed by atoms with E-state index in [2.05, 4.69) is 23.4 Å². The number of aromatic nitrogens is 2. The van der Waals surface area contributed by atoms with E-state index < -0.39 is 0 Å². The summed E-state index contributed by atoms with van der Waals surface area (Å²) in [6, 6.07) is 2.74. The molecule has 0 spiro atoms. The average molecular weight is 263 g/mol. The van der Waals surface area contributed by atoms with Gasteiger partial charge in [0.05, 0.1) is 5.69 Å². The van der Waals surface area contributed by atoms with Crippen LogP contribution in [-0.4, -0.2) is 22.4 Å². The van der Waals surface area contributed by atoms with Crippen LogP contribution in [0, 0.1) is 5.92 Å². The van der Waals surface area contributed by atoms with Gasteiger partial charge in [0.1, 0.15) is 0 Å². The fourth-order valence-corrected chi connectivity index (χ4v) is 3.30. The van der Waals surface area contributed by atoms with Crippen LogP contribution in [-0.2, 0) is 13.5 Å². The maximum absolute atomic E-state index is 4.50. The Hall–Kier alpha value is -0.830. The molecule has 0 aromatic carbocycles. The van der Waals surface area contributed by atoms with E-state index in [9.17, 15) is 0 Å². The second-order valence-corrected chi connectivity index (χ2v) is 6.02. The van der Waals surface area contributed by atoms with Crippen molar-refractivity contribution < 1.29 is 0 Å². The SMILES string of the molecule is CCNC(CCC1CCCCC1)Cc1ccn(C)n1. The summed E-state index contributed by atoms with van der Waals surface area (Å²) in [4.78, 5) is 0. The van der Waals surface area contributed by atoms with E-state index >= 15 is 0 Å². The van der Waals surface area contributed by atoms with Crippen molar-refractivity contribution in [3.63, 3.8) is 0 Å². The molecule has 1 aromatic heterocycles. The summed E-state index contributed by atoms with van der Waals surface area (Å²) in [5.74, 6) is 0.985. The Kier molecular flexibility index (Phi) is 5.90. The molecule has 1 aliphatic rings. The van der Waals surface area contributed by atoms with Gasteiger partial charge in [-0.25, -0.2) is 0 Å². The number of rotatable bonds is 7. The predicted molar refractivity (Wildman–Crippen MR) is 80.2 cm³/mol. The Morgan fingerprint density at radius 3 is 2.79 bits per heavy atom. The van der Waals surface area contributed by atoms with Gasteiger partial charge in [0.25, 0.3) is 0 Å². The molecular formula is C16H29N3. The zero-order valence-corrected chi connectivity index (χ0v) is 12.6. The number of hydrogen-bond donors (Lipinski definition) is 1. The van der Waals surface area contributed by atoms with Crippen LogP contribution in [0.1, 0.15) is 57.6 Å². The van der Waals surface area contributed by atoms with Gasteiger partial charge in [0.15, 0.2) is 0 Å². The largest absolute Gasteiger partial charge is 0.314 e. The van der Waals surface area contributed by atoms with Crippen LogP contribution < -0.4 is 5.32 Å². The van der Waals surface area contributed by atoms with E-state index in [0.29, 0.717) is 6.04 Å². The van der Waals surface area contributed by atoms with Crippen molar-refractivity contribution in [1.82, 2.24) is 15.1 Å². The Morgan fingerprint density at radius 2 is 2.16 bits per heavy atom. The van der Waals surface area contributed by atoms with Crippen LogP contribution in [0.4, 0.5) is 0 Å². The molecule has 0 amide bonds. The van der Waals surface area contributed by atoms with Crippen LogP contribution in [0.3, 0.4) is 0 Å². The molecule has 1 saturated carbocycles. The minimum absolute atomic E-state index is 0.599. The molecule has 1 atom stereocenters. The summed E-state index contributed by atoms with van der Waals surface area (Å²) in [5.41, 5.74) is 1.22. The first kappa shape index (κ1) is 14.6. The standard InChI is InChI=1S/C16H29N3/c1-3-17-15(13-16-11-12-19(2)18-16)10-9-14-7-5-4-6-8-14/h11-12,14-15,17H,3-10,13H2,1-2H3. The number of hydrogen-bond acceptors (Lipinski definition) is 2. The first-order chi connectivity index (χ1) is 9.28. The molecule has 1 aromatic rings. The number of nitrogens with zero attached hydrogens (tertiary/aromatic N) is 2. The molecule has 108 valence electrons. The molecule has 0 bridgehead atoms. The van der Waals surface area contributed by atoms with Crippen molar-refractivity contribution in [3.05, 3.63) is 18.0 Å². The van der Waals surface area contributed by atoms with Gasteiger partial charge in [0, 0.05) is 25.7 Å². The monoisotopic (exact) mass is 263 g/mol. The Morgan fingerprint density at radius 1 is 1.37 bits per heavy atom. The van der Waals surface area contributed by atoms with Crippen molar-refractivity contribution in [2.45, 2.75) is 64.3 Å². The van der Waals surface area contributed by atoms with Crippen molar-refractivity contribution >= 4 is 0 Å². The number of likely N-dealkylation sites (N-methyl/N-ethyl adjacent to an activating group) is 1. The Labute approximate surface area is 117 Å². The molecule has 0 aliphatic heterocycles.